The van der Waals surface area contributed by atoms with E-state index < -0.39 is 5.97 Å². The Balaban J connectivity index is 2.48. The van der Waals surface area contributed by atoms with E-state index in [0.29, 0.717) is 5.71 Å². The van der Waals surface area contributed by atoms with E-state index >= 15 is 0 Å². The number of hydrogen-bond acceptors (Lipinski definition) is 5. The third-order valence-corrected chi connectivity index (χ3v) is 3.59. The van der Waals surface area contributed by atoms with E-state index in [0.717, 1.165) is 11.1 Å². The minimum absolute atomic E-state index is 0.0337. The number of ether oxygens (including phenoxy) is 1. The molecule has 0 amide bonds. The van der Waals surface area contributed by atoms with Crippen LogP contribution in [-0.2, 0) is 9.53 Å². The molecule has 0 aliphatic rings. The van der Waals surface area contributed by atoms with E-state index in [9.17, 15) is 4.79 Å². The first kappa shape index (κ1) is 18.3. The van der Waals surface area contributed by atoms with E-state index in [-0.39, 0.29) is 16.6 Å². The summed E-state index contributed by atoms with van der Waals surface area (Å²) in [4.78, 5) is 15.9. The summed E-state index contributed by atoms with van der Waals surface area (Å²) in [6, 6.07) is 19.2. The van der Waals surface area contributed by atoms with Crippen molar-refractivity contribution < 1.29 is 9.53 Å². The van der Waals surface area contributed by atoms with Gasteiger partial charge < -0.3 is 16.2 Å². The first-order chi connectivity index (χ1) is 12.0. The highest BCUT2D eigenvalue weighted by molar-refractivity contribution is 6.33. The molecule has 0 aromatic heterocycles. The fourth-order valence-electron chi connectivity index (χ4n) is 2.06. The molecule has 0 spiro atoms. The van der Waals surface area contributed by atoms with Crippen LogP contribution in [0.3, 0.4) is 0 Å². The highest BCUT2D eigenvalue weighted by Crippen LogP contribution is 2.15. The van der Waals surface area contributed by atoms with Crippen molar-refractivity contribution in [3.63, 3.8) is 0 Å². The molecule has 0 saturated carbocycles. The summed E-state index contributed by atoms with van der Waals surface area (Å²) < 4.78 is 4.52. The number of aliphatic imine (C=N–C) groups is 1. The number of nitrogens with zero attached hydrogens (tertiary/aromatic N) is 1. The summed E-state index contributed by atoms with van der Waals surface area (Å²) in [5.41, 5.74) is 13.8. The van der Waals surface area contributed by atoms with Gasteiger partial charge in [0.1, 0.15) is 11.5 Å². The van der Waals surface area contributed by atoms with Gasteiger partial charge in [0.25, 0.3) is 0 Å². The molecule has 6 heteroatoms. The number of esters is 1. The second-order valence-electron chi connectivity index (χ2n) is 5.01. The first-order valence-electron chi connectivity index (χ1n) is 7.43. The number of benzene rings is 2. The van der Waals surface area contributed by atoms with Crippen molar-refractivity contribution in [2.24, 2.45) is 16.5 Å². The molecular weight excluding hydrogens is 338 g/mol. The smallest absolute Gasteiger partial charge is 0.355 e. The Hall–Kier alpha value is -3.05. The fraction of sp³-hybridized carbons (Fsp3) is 0.0526. The lowest BCUT2D eigenvalue weighted by Crippen LogP contribution is -2.14. The van der Waals surface area contributed by atoms with Gasteiger partial charge in [-0.15, -0.1) is 0 Å². The molecule has 0 heterocycles. The van der Waals surface area contributed by atoms with Crippen molar-refractivity contribution in [1.29, 1.82) is 0 Å². The molecule has 2 rings (SSSR count). The predicted molar refractivity (Wildman–Crippen MR) is 99.9 cm³/mol. The van der Waals surface area contributed by atoms with Gasteiger partial charge in [0.15, 0.2) is 0 Å². The molecule has 0 radical (unpaired) electrons. The van der Waals surface area contributed by atoms with Crippen LogP contribution in [0, 0.1) is 0 Å². The molecule has 0 bridgehead atoms. The predicted octanol–water partition coefficient (Wildman–Crippen LogP) is 2.91. The number of halogens is 1. The zero-order chi connectivity index (χ0) is 18.2. The molecular formula is C19H18ClN3O2. The summed E-state index contributed by atoms with van der Waals surface area (Å²) >= 11 is 6.00. The molecule has 0 atom stereocenters. The van der Waals surface area contributed by atoms with Crippen LogP contribution in [0.2, 0.25) is 0 Å². The van der Waals surface area contributed by atoms with Gasteiger partial charge in [-0.1, -0.05) is 72.3 Å². The summed E-state index contributed by atoms with van der Waals surface area (Å²) in [7, 11) is 1.22. The lowest BCUT2D eigenvalue weighted by Gasteiger charge is -2.08. The summed E-state index contributed by atoms with van der Waals surface area (Å²) in [6.07, 6.45) is 1.32. The summed E-state index contributed by atoms with van der Waals surface area (Å²) in [6.45, 7) is 0. The van der Waals surface area contributed by atoms with Crippen molar-refractivity contribution in [2.45, 2.75) is 0 Å². The average molecular weight is 356 g/mol. The van der Waals surface area contributed by atoms with Gasteiger partial charge in [-0.3, -0.25) is 0 Å². The Morgan fingerprint density at radius 3 is 1.92 bits per heavy atom. The van der Waals surface area contributed by atoms with Gasteiger partial charge >= 0.3 is 5.97 Å². The molecule has 0 aliphatic carbocycles. The van der Waals surface area contributed by atoms with Crippen LogP contribution in [0.5, 0.6) is 0 Å². The molecule has 128 valence electrons. The van der Waals surface area contributed by atoms with Crippen LogP contribution in [-0.4, -0.2) is 18.8 Å². The molecule has 0 unspecified atom stereocenters. The van der Waals surface area contributed by atoms with Gasteiger partial charge in [0.2, 0.25) is 0 Å². The molecule has 4 N–H and O–H groups in total. The number of carbonyl (C=O) groups is 1. The lowest BCUT2D eigenvalue weighted by atomic mass is 10.0. The number of allylic oxidation sites excluding steroid dienone is 2. The summed E-state index contributed by atoms with van der Waals surface area (Å²) in [5.74, 6) is -0.621. The third-order valence-electron chi connectivity index (χ3n) is 3.27. The molecule has 0 saturated heterocycles. The molecule has 25 heavy (non-hydrogen) atoms. The minimum atomic E-state index is -0.732. The Bertz CT molecular complexity index is 787. The van der Waals surface area contributed by atoms with Gasteiger partial charge in [-0.25, -0.2) is 9.79 Å². The first-order valence-corrected chi connectivity index (χ1v) is 7.81. The quantitative estimate of drug-likeness (QED) is 0.373. The van der Waals surface area contributed by atoms with E-state index in [1.165, 1.54) is 13.2 Å². The third kappa shape index (κ3) is 4.96. The van der Waals surface area contributed by atoms with Crippen molar-refractivity contribution in [2.75, 3.05) is 7.11 Å². The molecule has 5 nitrogen and oxygen atoms in total. The standard InChI is InChI=1S/C19H18ClN3O2/c1-25-19(24)17(22)15(20)12-16(21)23-18(13-8-4-2-5-9-13)14-10-6-3-7-11-14/h2-12H,21-22H2,1H3/b16-12+,17-15+. The minimum Gasteiger partial charge on any atom is -0.464 e. The lowest BCUT2D eigenvalue weighted by molar-refractivity contribution is -0.136. The number of methoxy groups -OCH3 is 1. The monoisotopic (exact) mass is 355 g/mol. The van der Waals surface area contributed by atoms with Crippen LogP contribution in [0.1, 0.15) is 11.1 Å². The van der Waals surface area contributed by atoms with Gasteiger partial charge in [-0.05, 0) is 0 Å². The maximum Gasteiger partial charge on any atom is 0.355 e. The van der Waals surface area contributed by atoms with E-state index in [1.807, 2.05) is 60.7 Å². The van der Waals surface area contributed by atoms with Crippen LogP contribution in [0.15, 0.2) is 88.3 Å². The van der Waals surface area contributed by atoms with Crippen LogP contribution >= 0.6 is 11.6 Å². The summed E-state index contributed by atoms with van der Waals surface area (Å²) in [5, 5.41) is -0.0337. The number of rotatable bonds is 5. The van der Waals surface area contributed by atoms with Crippen LogP contribution in [0.4, 0.5) is 0 Å². The topological polar surface area (TPSA) is 90.7 Å². The van der Waals surface area contributed by atoms with Crippen molar-refractivity contribution in [1.82, 2.24) is 0 Å². The zero-order valence-electron chi connectivity index (χ0n) is 13.6. The highest BCUT2D eigenvalue weighted by Gasteiger charge is 2.10. The molecule has 0 aliphatic heterocycles. The van der Waals surface area contributed by atoms with Gasteiger partial charge in [0.05, 0.1) is 17.9 Å². The van der Waals surface area contributed by atoms with Gasteiger partial charge in [0, 0.05) is 17.2 Å². The Morgan fingerprint density at radius 1 is 1.00 bits per heavy atom. The molecule has 0 fully saturated rings. The second kappa shape index (κ2) is 8.70. The normalized spacial score (nSPS) is 12.2. The van der Waals surface area contributed by atoms with Crippen LogP contribution in [0.25, 0.3) is 0 Å². The maximum absolute atomic E-state index is 11.4. The van der Waals surface area contributed by atoms with Gasteiger partial charge in [-0.2, -0.15) is 0 Å². The molecule has 2 aromatic carbocycles. The van der Waals surface area contributed by atoms with Crippen molar-refractivity contribution in [3.05, 3.63) is 94.4 Å². The number of carbonyl (C=O) groups excluding carboxylic acids is 1. The SMILES string of the molecule is COC(=O)/C(N)=C(Cl)/C=C(\N)N=C(c1ccccc1)c1ccccc1. The average Bonchev–Trinajstić information content (AvgIpc) is 2.66. The van der Waals surface area contributed by atoms with Crippen LogP contribution < -0.4 is 11.5 Å². The van der Waals surface area contributed by atoms with E-state index in [4.69, 9.17) is 23.1 Å². The Labute approximate surface area is 151 Å². The van der Waals surface area contributed by atoms with Crippen molar-refractivity contribution in [3.8, 4) is 0 Å². The van der Waals surface area contributed by atoms with Crippen molar-refractivity contribution >= 4 is 23.3 Å². The largest absolute Gasteiger partial charge is 0.464 e. The van der Waals surface area contributed by atoms with E-state index in [1.54, 1.807) is 0 Å². The zero-order valence-corrected chi connectivity index (χ0v) is 14.4. The highest BCUT2D eigenvalue weighted by atomic mass is 35.5. The van der Waals surface area contributed by atoms with E-state index in [2.05, 4.69) is 9.73 Å². The Morgan fingerprint density at radius 2 is 1.48 bits per heavy atom. The number of hydrogen-bond donors (Lipinski definition) is 2. The molecule has 2 aromatic rings. The maximum atomic E-state index is 11.4. The Kier molecular flexibility index (Phi) is 6.37. The number of nitrogens with two attached hydrogens (primary N) is 2. The fourth-order valence-corrected chi connectivity index (χ4v) is 2.25. The second-order valence-corrected chi connectivity index (χ2v) is 5.42.